The maximum atomic E-state index is 11.9. The number of carbonyl (C=O) groups is 1. The van der Waals surface area contributed by atoms with Gasteiger partial charge < -0.3 is 4.74 Å². The summed E-state index contributed by atoms with van der Waals surface area (Å²) in [4.78, 5) is 16.5. The molecule has 0 fully saturated rings. The summed E-state index contributed by atoms with van der Waals surface area (Å²) in [6.45, 7) is 2.69. The van der Waals surface area contributed by atoms with Crippen molar-refractivity contribution in [2.24, 2.45) is 0 Å². The topological polar surface area (TPSA) is 51.2 Å². The number of ether oxygens (including phenoxy) is 1. The van der Waals surface area contributed by atoms with Crippen LogP contribution < -0.4 is 5.32 Å². The molecule has 0 aliphatic rings. The highest BCUT2D eigenvalue weighted by Gasteiger charge is 2.20. The second kappa shape index (κ2) is 7.90. The van der Waals surface area contributed by atoms with Gasteiger partial charge in [0.1, 0.15) is 6.04 Å². The van der Waals surface area contributed by atoms with Crippen LogP contribution in [-0.2, 0) is 22.5 Å². The van der Waals surface area contributed by atoms with E-state index in [2.05, 4.69) is 17.2 Å². The van der Waals surface area contributed by atoms with Crippen LogP contribution in [-0.4, -0.2) is 18.1 Å². The molecule has 0 saturated carbocycles. The number of esters is 1. The number of methoxy groups -OCH3 is 1. The first-order valence-corrected chi connectivity index (χ1v) is 7.92. The SMILES string of the molecule is CCCc1nc(CNC(C(=O)OC)c2ccccc2)cs1. The van der Waals surface area contributed by atoms with Gasteiger partial charge in [0.05, 0.1) is 17.8 Å². The van der Waals surface area contributed by atoms with Crippen molar-refractivity contribution in [2.75, 3.05) is 7.11 Å². The summed E-state index contributed by atoms with van der Waals surface area (Å²) >= 11 is 1.67. The van der Waals surface area contributed by atoms with E-state index in [4.69, 9.17) is 4.74 Å². The van der Waals surface area contributed by atoms with Crippen LogP contribution in [0.2, 0.25) is 0 Å². The number of thiazole rings is 1. The molecule has 1 heterocycles. The smallest absolute Gasteiger partial charge is 0.327 e. The van der Waals surface area contributed by atoms with Crippen molar-refractivity contribution in [3.8, 4) is 0 Å². The zero-order chi connectivity index (χ0) is 15.1. The van der Waals surface area contributed by atoms with Gasteiger partial charge in [0.15, 0.2) is 0 Å². The maximum Gasteiger partial charge on any atom is 0.327 e. The number of aromatic nitrogens is 1. The molecule has 2 rings (SSSR count). The van der Waals surface area contributed by atoms with Gasteiger partial charge in [-0.25, -0.2) is 9.78 Å². The molecule has 0 radical (unpaired) electrons. The number of benzene rings is 1. The number of hydrogen-bond donors (Lipinski definition) is 1. The molecule has 0 bridgehead atoms. The number of carbonyl (C=O) groups excluding carboxylic acids is 1. The minimum atomic E-state index is -0.465. The lowest BCUT2D eigenvalue weighted by molar-refractivity contribution is -0.143. The van der Waals surface area contributed by atoms with E-state index in [1.807, 2.05) is 35.7 Å². The first-order chi connectivity index (χ1) is 10.2. The van der Waals surface area contributed by atoms with Crippen LogP contribution in [0, 0.1) is 0 Å². The Bertz CT molecular complexity index is 569. The largest absolute Gasteiger partial charge is 0.468 e. The summed E-state index contributed by atoms with van der Waals surface area (Å²) in [5, 5.41) is 6.41. The molecule has 0 aliphatic heterocycles. The van der Waals surface area contributed by atoms with Crippen LogP contribution in [0.4, 0.5) is 0 Å². The zero-order valence-electron chi connectivity index (χ0n) is 12.3. The average Bonchev–Trinajstić information content (AvgIpc) is 2.96. The standard InChI is InChI=1S/C16H20N2O2S/c1-3-7-14-18-13(11-21-14)10-17-15(16(19)20-2)12-8-5-4-6-9-12/h4-6,8-9,11,15,17H,3,7,10H2,1-2H3. The van der Waals surface area contributed by atoms with Gasteiger partial charge in [0, 0.05) is 11.9 Å². The Labute approximate surface area is 129 Å². The Hall–Kier alpha value is -1.72. The van der Waals surface area contributed by atoms with Crippen molar-refractivity contribution in [2.45, 2.75) is 32.4 Å². The van der Waals surface area contributed by atoms with Crippen LogP contribution in [0.1, 0.15) is 35.7 Å². The molecular formula is C16H20N2O2S. The van der Waals surface area contributed by atoms with E-state index < -0.39 is 6.04 Å². The van der Waals surface area contributed by atoms with Crippen molar-refractivity contribution in [3.63, 3.8) is 0 Å². The number of nitrogens with one attached hydrogen (secondary N) is 1. The fraction of sp³-hybridized carbons (Fsp3) is 0.375. The van der Waals surface area contributed by atoms with Gasteiger partial charge in [0.2, 0.25) is 0 Å². The normalized spacial score (nSPS) is 12.1. The zero-order valence-corrected chi connectivity index (χ0v) is 13.2. The summed E-state index contributed by atoms with van der Waals surface area (Å²) in [5.74, 6) is -0.287. The summed E-state index contributed by atoms with van der Waals surface area (Å²) in [5.41, 5.74) is 1.86. The fourth-order valence-electron chi connectivity index (χ4n) is 2.07. The number of aryl methyl sites for hydroxylation is 1. The molecule has 1 aromatic heterocycles. The molecule has 4 nitrogen and oxygen atoms in total. The van der Waals surface area contributed by atoms with Crippen LogP contribution in [0.3, 0.4) is 0 Å². The Morgan fingerprint density at radius 3 is 2.81 bits per heavy atom. The molecule has 112 valence electrons. The summed E-state index contributed by atoms with van der Waals surface area (Å²) < 4.78 is 4.88. The van der Waals surface area contributed by atoms with Gasteiger partial charge in [0.25, 0.3) is 0 Å². The monoisotopic (exact) mass is 304 g/mol. The van der Waals surface area contributed by atoms with E-state index in [0.29, 0.717) is 6.54 Å². The minimum absolute atomic E-state index is 0.287. The molecule has 1 atom stereocenters. The van der Waals surface area contributed by atoms with Crippen molar-refractivity contribution in [1.82, 2.24) is 10.3 Å². The van der Waals surface area contributed by atoms with Gasteiger partial charge >= 0.3 is 5.97 Å². The molecule has 21 heavy (non-hydrogen) atoms. The Kier molecular flexibility index (Phi) is 5.90. The molecule has 0 spiro atoms. The third-order valence-electron chi connectivity index (χ3n) is 3.12. The van der Waals surface area contributed by atoms with E-state index in [-0.39, 0.29) is 5.97 Å². The van der Waals surface area contributed by atoms with Gasteiger partial charge in [-0.1, -0.05) is 37.3 Å². The third kappa shape index (κ3) is 4.37. The molecule has 0 saturated heterocycles. The predicted octanol–water partition coefficient (Wildman–Crippen LogP) is 3.10. The van der Waals surface area contributed by atoms with E-state index >= 15 is 0 Å². The molecular weight excluding hydrogens is 284 g/mol. The highest BCUT2D eigenvalue weighted by atomic mass is 32.1. The second-order valence-corrected chi connectivity index (χ2v) is 5.67. The minimum Gasteiger partial charge on any atom is -0.468 e. The Morgan fingerprint density at radius 1 is 1.38 bits per heavy atom. The lowest BCUT2D eigenvalue weighted by Gasteiger charge is -2.16. The van der Waals surface area contributed by atoms with E-state index in [1.54, 1.807) is 11.3 Å². The molecule has 0 aliphatic carbocycles. The first-order valence-electron chi connectivity index (χ1n) is 7.04. The molecule has 1 N–H and O–H groups in total. The third-order valence-corrected chi connectivity index (χ3v) is 4.08. The second-order valence-electron chi connectivity index (χ2n) is 4.73. The number of rotatable bonds is 7. The van der Waals surface area contributed by atoms with Crippen LogP contribution >= 0.6 is 11.3 Å². The van der Waals surface area contributed by atoms with Crippen LogP contribution in [0.5, 0.6) is 0 Å². The lowest BCUT2D eigenvalue weighted by Crippen LogP contribution is -2.29. The Morgan fingerprint density at radius 2 is 2.14 bits per heavy atom. The summed E-state index contributed by atoms with van der Waals surface area (Å²) in [6.07, 6.45) is 2.10. The molecule has 2 aromatic rings. The van der Waals surface area contributed by atoms with Crippen LogP contribution in [0.25, 0.3) is 0 Å². The molecule has 0 amide bonds. The number of hydrogen-bond acceptors (Lipinski definition) is 5. The van der Waals surface area contributed by atoms with E-state index in [9.17, 15) is 4.79 Å². The van der Waals surface area contributed by atoms with Crippen molar-refractivity contribution < 1.29 is 9.53 Å². The Balaban J connectivity index is 2.03. The molecule has 5 heteroatoms. The number of nitrogens with zero attached hydrogens (tertiary/aromatic N) is 1. The molecule has 1 unspecified atom stereocenters. The highest BCUT2D eigenvalue weighted by Crippen LogP contribution is 2.16. The van der Waals surface area contributed by atoms with Crippen LogP contribution in [0.15, 0.2) is 35.7 Å². The first kappa shape index (κ1) is 15.7. The van der Waals surface area contributed by atoms with Crippen molar-refractivity contribution >= 4 is 17.3 Å². The fourth-order valence-corrected chi connectivity index (χ4v) is 2.97. The van der Waals surface area contributed by atoms with Gasteiger partial charge in [-0.3, -0.25) is 5.32 Å². The maximum absolute atomic E-state index is 11.9. The van der Waals surface area contributed by atoms with E-state index in [0.717, 1.165) is 29.1 Å². The van der Waals surface area contributed by atoms with Gasteiger partial charge in [-0.15, -0.1) is 11.3 Å². The highest BCUT2D eigenvalue weighted by molar-refractivity contribution is 7.09. The van der Waals surface area contributed by atoms with Gasteiger partial charge in [-0.05, 0) is 18.4 Å². The summed E-state index contributed by atoms with van der Waals surface area (Å²) in [6, 6.07) is 9.11. The van der Waals surface area contributed by atoms with Gasteiger partial charge in [-0.2, -0.15) is 0 Å². The van der Waals surface area contributed by atoms with E-state index in [1.165, 1.54) is 7.11 Å². The predicted molar refractivity (Wildman–Crippen MR) is 84.1 cm³/mol. The average molecular weight is 304 g/mol. The molecule has 1 aromatic carbocycles. The van der Waals surface area contributed by atoms with Crippen molar-refractivity contribution in [1.29, 1.82) is 0 Å². The summed E-state index contributed by atoms with van der Waals surface area (Å²) in [7, 11) is 1.40. The lowest BCUT2D eigenvalue weighted by atomic mass is 10.1. The van der Waals surface area contributed by atoms with Crippen molar-refractivity contribution in [3.05, 3.63) is 52.0 Å². The quantitative estimate of drug-likeness (QED) is 0.799.